The quantitative estimate of drug-likeness (QED) is 0.846. The normalized spacial score (nSPS) is 17.0. The van der Waals surface area contributed by atoms with E-state index in [2.05, 4.69) is 15.6 Å². The zero-order chi connectivity index (χ0) is 19.5. The number of hydrogen-bond acceptors (Lipinski definition) is 3. The molecule has 1 fully saturated rings. The van der Waals surface area contributed by atoms with Gasteiger partial charge in [0.05, 0.1) is 5.69 Å². The second-order valence-electron chi connectivity index (χ2n) is 7.97. The fourth-order valence-electron chi connectivity index (χ4n) is 4.22. The van der Waals surface area contributed by atoms with Crippen molar-refractivity contribution in [2.75, 3.05) is 5.32 Å². The number of imidazole rings is 1. The Morgan fingerprint density at radius 2 is 1.75 bits per heavy atom. The molecule has 1 aromatic heterocycles. The van der Waals surface area contributed by atoms with Crippen molar-refractivity contribution in [3.63, 3.8) is 0 Å². The lowest BCUT2D eigenvalue weighted by atomic mass is 9.95. The highest BCUT2D eigenvalue weighted by Crippen LogP contribution is 2.23. The van der Waals surface area contributed by atoms with E-state index in [0.717, 1.165) is 68.4 Å². The van der Waals surface area contributed by atoms with Gasteiger partial charge in [-0.25, -0.2) is 4.98 Å². The molecule has 0 unspecified atom stereocenters. The number of carbonyl (C=O) groups excluding carboxylic acids is 2. The molecular formula is C22H28N4O2. The lowest BCUT2D eigenvalue weighted by molar-refractivity contribution is 0.0921. The minimum atomic E-state index is -0.260. The molecule has 0 radical (unpaired) electrons. The van der Waals surface area contributed by atoms with Gasteiger partial charge in [-0.05, 0) is 51.2 Å². The molecule has 28 heavy (non-hydrogen) atoms. The van der Waals surface area contributed by atoms with Gasteiger partial charge in [-0.15, -0.1) is 0 Å². The van der Waals surface area contributed by atoms with Gasteiger partial charge < -0.3 is 15.2 Å². The standard InChI is InChI=1S/C22H28N4O2/c1-15-10-12-17(13-11-15)24-22(28)20-25-19(18-9-5-6-14-26(18)20)21(27)23-16-7-3-2-4-8-16/h10-13,16H,2-9,14H2,1H3,(H,23,27)(H,24,28). The second kappa shape index (κ2) is 8.17. The van der Waals surface area contributed by atoms with Crippen LogP contribution in [0.3, 0.4) is 0 Å². The van der Waals surface area contributed by atoms with Crippen molar-refractivity contribution in [2.45, 2.75) is 70.9 Å². The molecule has 2 N–H and O–H groups in total. The number of benzene rings is 1. The summed E-state index contributed by atoms with van der Waals surface area (Å²) in [5.41, 5.74) is 3.20. The maximum absolute atomic E-state index is 12.9. The van der Waals surface area contributed by atoms with E-state index in [1.165, 1.54) is 6.42 Å². The minimum absolute atomic E-state index is 0.132. The van der Waals surface area contributed by atoms with Crippen LogP contribution in [0, 0.1) is 6.92 Å². The Labute approximate surface area is 165 Å². The monoisotopic (exact) mass is 380 g/mol. The molecule has 2 heterocycles. The SMILES string of the molecule is Cc1ccc(NC(=O)c2nc(C(=O)NC3CCCCC3)c3n2CCCC3)cc1. The van der Waals surface area contributed by atoms with Crippen molar-refractivity contribution in [1.29, 1.82) is 0 Å². The molecule has 1 saturated carbocycles. The van der Waals surface area contributed by atoms with Crippen molar-refractivity contribution in [3.05, 3.63) is 47.0 Å². The molecule has 1 aliphatic heterocycles. The highest BCUT2D eigenvalue weighted by atomic mass is 16.2. The number of nitrogens with zero attached hydrogens (tertiary/aromatic N) is 2. The second-order valence-corrected chi connectivity index (χ2v) is 7.97. The van der Waals surface area contributed by atoms with Crippen LogP contribution in [0.2, 0.25) is 0 Å². The molecule has 2 aliphatic rings. The summed E-state index contributed by atoms with van der Waals surface area (Å²) in [6, 6.07) is 7.90. The number of rotatable bonds is 4. The molecule has 0 spiro atoms. The molecule has 1 aromatic carbocycles. The fourth-order valence-corrected chi connectivity index (χ4v) is 4.22. The third-order valence-corrected chi connectivity index (χ3v) is 5.79. The molecule has 0 atom stereocenters. The van der Waals surface area contributed by atoms with Crippen LogP contribution < -0.4 is 10.6 Å². The number of fused-ring (bicyclic) bond motifs is 1. The Balaban J connectivity index is 1.56. The molecule has 1 aliphatic carbocycles. The minimum Gasteiger partial charge on any atom is -0.348 e. The zero-order valence-corrected chi connectivity index (χ0v) is 16.5. The van der Waals surface area contributed by atoms with Crippen molar-refractivity contribution >= 4 is 17.5 Å². The summed E-state index contributed by atoms with van der Waals surface area (Å²) in [7, 11) is 0. The van der Waals surface area contributed by atoms with Crippen LogP contribution in [0.25, 0.3) is 0 Å². The van der Waals surface area contributed by atoms with Crippen LogP contribution in [-0.2, 0) is 13.0 Å². The van der Waals surface area contributed by atoms with Crippen LogP contribution in [-0.4, -0.2) is 27.4 Å². The maximum atomic E-state index is 12.9. The van der Waals surface area contributed by atoms with Crippen molar-refractivity contribution in [1.82, 2.24) is 14.9 Å². The maximum Gasteiger partial charge on any atom is 0.291 e. The Morgan fingerprint density at radius 3 is 2.50 bits per heavy atom. The molecule has 6 nitrogen and oxygen atoms in total. The average Bonchev–Trinajstić information content (AvgIpc) is 3.10. The average molecular weight is 380 g/mol. The van der Waals surface area contributed by atoms with Gasteiger partial charge in [0.25, 0.3) is 11.8 Å². The van der Waals surface area contributed by atoms with Crippen molar-refractivity contribution < 1.29 is 9.59 Å². The predicted molar refractivity (Wildman–Crippen MR) is 109 cm³/mol. The van der Waals surface area contributed by atoms with Crippen molar-refractivity contribution in [3.8, 4) is 0 Å². The van der Waals surface area contributed by atoms with Gasteiger partial charge in [0.2, 0.25) is 0 Å². The number of amides is 2. The van der Waals surface area contributed by atoms with E-state index in [9.17, 15) is 9.59 Å². The van der Waals surface area contributed by atoms with E-state index >= 15 is 0 Å². The van der Waals surface area contributed by atoms with E-state index in [4.69, 9.17) is 0 Å². The lowest BCUT2D eigenvalue weighted by Crippen LogP contribution is -2.37. The summed E-state index contributed by atoms with van der Waals surface area (Å²) in [6.07, 6.45) is 8.44. The van der Waals surface area contributed by atoms with Gasteiger partial charge in [0, 0.05) is 18.3 Å². The molecule has 148 valence electrons. The topological polar surface area (TPSA) is 76.0 Å². The first-order valence-electron chi connectivity index (χ1n) is 10.4. The van der Waals surface area contributed by atoms with E-state index in [1.807, 2.05) is 35.8 Å². The van der Waals surface area contributed by atoms with Gasteiger partial charge in [-0.3, -0.25) is 9.59 Å². The van der Waals surface area contributed by atoms with E-state index in [1.54, 1.807) is 0 Å². The fraction of sp³-hybridized carbons (Fsp3) is 0.500. The molecule has 0 saturated heterocycles. The van der Waals surface area contributed by atoms with Gasteiger partial charge in [0.1, 0.15) is 5.69 Å². The largest absolute Gasteiger partial charge is 0.348 e. The highest BCUT2D eigenvalue weighted by Gasteiger charge is 2.28. The number of nitrogens with one attached hydrogen (secondary N) is 2. The van der Waals surface area contributed by atoms with E-state index in [-0.39, 0.29) is 17.9 Å². The highest BCUT2D eigenvalue weighted by molar-refractivity contribution is 6.03. The molecule has 6 heteroatoms. The van der Waals surface area contributed by atoms with Crippen LogP contribution in [0.15, 0.2) is 24.3 Å². The van der Waals surface area contributed by atoms with Crippen LogP contribution in [0.4, 0.5) is 5.69 Å². The predicted octanol–water partition coefficient (Wildman–Crippen LogP) is 3.84. The first-order chi connectivity index (χ1) is 13.6. The van der Waals surface area contributed by atoms with Gasteiger partial charge in [0.15, 0.2) is 5.82 Å². The summed E-state index contributed by atoms with van der Waals surface area (Å²) < 4.78 is 1.93. The molecule has 0 bridgehead atoms. The smallest absolute Gasteiger partial charge is 0.291 e. The third-order valence-electron chi connectivity index (χ3n) is 5.79. The molecule has 2 amide bonds. The Morgan fingerprint density at radius 1 is 1.00 bits per heavy atom. The van der Waals surface area contributed by atoms with E-state index in [0.29, 0.717) is 11.5 Å². The van der Waals surface area contributed by atoms with Crippen molar-refractivity contribution in [2.24, 2.45) is 0 Å². The molecule has 4 rings (SSSR count). The lowest BCUT2D eigenvalue weighted by Gasteiger charge is -2.23. The first kappa shape index (κ1) is 18.7. The third kappa shape index (κ3) is 3.96. The van der Waals surface area contributed by atoms with Crippen LogP contribution in [0.5, 0.6) is 0 Å². The number of carbonyl (C=O) groups is 2. The number of aryl methyl sites for hydroxylation is 1. The van der Waals surface area contributed by atoms with Gasteiger partial charge >= 0.3 is 0 Å². The first-order valence-corrected chi connectivity index (χ1v) is 10.4. The van der Waals surface area contributed by atoms with E-state index < -0.39 is 0 Å². The number of anilines is 1. The summed E-state index contributed by atoms with van der Waals surface area (Å²) in [4.78, 5) is 30.3. The van der Waals surface area contributed by atoms with Crippen LogP contribution >= 0.6 is 0 Å². The molecule has 2 aromatic rings. The van der Waals surface area contributed by atoms with Crippen LogP contribution in [0.1, 0.15) is 77.3 Å². The van der Waals surface area contributed by atoms with Gasteiger partial charge in [-0.1, -0.05) is 37.0 Å². The summed E-state index contributed by atoms with van der Waals surface area (Å²) in [5, 5.41) is 6.06. The summed E-state index contributed by atoms with van der Waals surface area (Å²) in [6.45, 7) is 2.74. The molecular weight excluding hydrogens is 352 g/mol. The Kier molecular flexibility index (Phi) is 5.46. The summed E-state index contributed by atoms with van der Waals surface area (Å²) in [5.74, 6) is -0.0558. The Bertz CT molecular complexity index is 863. The number of aromatic nitrogens is 2. The zero-order valence-electron chi connectivity index (χ0n) is 16.5. The number of hydrogen-bond donors (Lipinski definition) is 2. The van der Waals surface area contributed by atoms with Gasteiger partial charge in [-0.2, -0.15) is 0 Å². The summed E-state index contributed by atoms with van der Waals surface area (Å²) >= 11 is 0. The Hall–Kier alpha value is -2.63.